The van der Waals surface area contributed by atoms with Crippen molar-refractivity contribution in [2.75, 3.05) is 32.2 Å². The molecule has 0 aliphatic carbocycles. The summed E-state index contributed by atoms with van der Waals surface area (Å²) < 4.78 is 82.8. The molecule has 25 heavy (non-hydrogen) atoms. The summed E-state index contributed by atoms with van der Waals surface area (Å²) in [6.45, 7) is 4.48. The molecule has 0 heterocycles. The quantitative estimate of drug-likeness (QED) is 0.203. The van der Waals surface area contributed by atoms with E-state index in [0.717, 1.165) is 0 Å². The Hall–Kier alpha value is -1.23. The van der Waals surface area contributed by atoms with E-state index in [4.69, 9.17) is 13.3 Å². The fraction of sp³-hybridized carbons (Fsp3) is 0.600. The standard InChI is InChI=1S/C15H22F5NO3Si/c1-4-23-25(22-3,24-5-2)9-7-6-8-21-15-13(19)11(17)10(16)12(18)14(15)20/h21H,4-9H2,1-3H3. The zero-order chi connectivity index (χ0) is 19.0. The summed E-state index contributed by atoms with van der Waals surface area (Å²) >= 11 is 0. The first kappa shape index (κ1) is 21.8. The van der Waals surface area contributed by atoms with Crippen LogP contribution in [0.4, 0.5) is 27.6 Å². The Kier molecular flexibility index (Phi) is 8.76. The Bertz CT molecular complexity index is 542. The van der Waals surface area contributed by atoms with Crippen LogP contribution in [-0.2, 0) is 13.3 Å². The molecule has 0 aliphatic rings. The molecule has 0 aliphatic heterocycles. The van der Waals surface area contributed by atoms with Gasteiger partial charge in [-0.05, 0) is 26.7 Å². The summed E-state index contributed by atoms with van der Waals surface area (Å²) in [6.07, 6.45) is 0.931. The van der Waals surface area contributed by atoms with Crippen LogP contribution in [0.25, 0.3) is 0 Å². The maximum absolute atomic E-state index is 13.5. The van der Waals surface area contributed by atoms with Crippen molar-refractivity contribution in [1.82, 2.24) is 0 Å². The molecule has 0 aromatic heterocycles. The Morgan fingerprint density at radius 1 is 0.800 bits per heavy atom. The third-order valence-corrected chi connectivity index (χ3v) is 6.51. The second kappa shape index (κ2) is 10.0. The van der Waals surface area contributed by atoms with Gasteiger partial charge >= 0.3 is 8.80 Å². The number of hydrogen-bond donors (Lipinski definition) is 1. The van der Waals surface area contributed by atoms with Gasteiger partial charge in [-0.2, -0.15) is 0 Å². The lowest BCUT2D eigenvalue weighted by Crippen LogP contribution is -2.44. The SMILES string of the molecule is CCO[Si](CCCCNc1c(F)c(F)c(F)c(F)c1F)(OC)OCC. The zero-order valence-electron chi connectivity index (χ0n) is 14.4. The predicted molar refractivity (Wildman–Crippen MR) is 84.8 cm³/mol. The molecule has 0 saturated carbocycles. The van der Waals surface area contributed by atoms with Gasteiger partial charge < -0.3 is 18.6 Å². The monoisotopic (exact) mass is 387 g/mol. The smallest absolute Gasteiger partial charge is 0.380 e. The van der Waals surface area contributed by atoms with Gasteiger partial charge in [-0.1, -0.05) is 0 Å². The maximum Gasteiger partial charge on any atom is 0.500 e. The van der Waals surface area contributed by atoms with Crippen LogP contribution in [0.3, 0.4) is 0 Å². The van der Waals surface area contributed by atoms with E-state index in [0.29, 0.717) is 32.1 Å². The van der Waals surface area contributed by atoms with Gasteiger partial charge in [0.1, 0.15) is 5.69 Å². The van der Waals surface area contributed by atoms with Crippen molar-refractivity contribution in [3.05, 3.63) is 29.1 Å². The highest BCUT2D eigenvalue weighted by molar-refractivity contribution is 6.60. The first-order valence-electron chi connectivity index (χ1n) is 7.91. The highest BCUT2D eigenvalue weighted by atomic mass is 28.4. The van der Waals surface area contributed by atoms with E-state index < -0.39 is 43.6 Å². The molecule has 0 bridgehead atoms. The van der Waals surface area contributed by atoms with Crippen molar-refractivity contribution in [3.63, 3.8) is 0 Å². The molecule has 0 unspecified atom stereocenters. The van der Waals surface area contributed by atoms with E-state index in [1.54, 1.807) is 0 Å². The molecule has 0 saturated heterocycles. The van der Waals surface area contributed by atoms with Gasteiger partial charge in [-0.15, -0.1) is 0 Å². The normalized spacial score (nSPS) is 11.8. The molecular formula is C15H22F5NO3Si. The number of unbranched alkanes of at least 4 members (excludes halogenated alkanes) is 1. The molecule has 144 valence electrons. The summed E-state index contributed by atoms with van der Waals surface area (Å²) in [5.41, 5.74) is -1.03. The van der Waals surface area contributed by atoms with Crippen LogP contribution in [0, 0.1) is 29.1 Å². The third-order valence-electron chi connectivity index (χ3n) is 3.46. The van der Waals surface area contributed by atoms with Crippen LogP contribution in [0.5, 0.6) is 0 Å². The van der Waals surface area contributed by atoms with E-state index >= 15 is 0 Å². The molecule has 1 aromatic carbocycles. The van der Waals surface area contributed by atoms with Crippen LogP contribution >= 0.6 is 0 Å². The molecule has 1 rings (SSSR count). The van der Waals surface area contributed by atoms with Gasteiger partial charge in [0.25, 0.3) is 0 Å². The summed E-state index contributed by atoms with van der Waals surface area (Å²) in [6, 6.07) is 0.476. The van der Waals surface area contributed by atoms with Gasteiger partial charge in [0, 0.05) is 32.9 Å². The van der Waals surface area contributed by atoms with E-state index in [1.807, 2.05) is 13.8 Å². The van der Waals surface area contributed by atoms with Gasteiger partial charge in [-0.25, -0.2) is 22.0 Å². The minimum absolute atomic E-state index is 0.0186. The third kappa shape index (κ3) is 5.37. The lowest BCUT2D eigenvalue weighted by atomic mass is 10.2. The Balaban J connectivity index is 2.62. The molecule has 0 radical (unpaired) electrons. The molecular weight excluding hydrogens is 365 g/mol. The minimum Gasteiger partial charge on any atom is -0.380 e. The largest absolute Gasteiger partial charge is 0.500 e. The van der Waals surface area contributed by atoms with Gasteiger partial charge in [0.15, 0.2) is 23.3 Å². The van der Waals surface area contributed by atoms with Crippen molar-refractivity contribution in [1.29, 1.82) is 0 Å². The Morgan fingerprint density at radius 2 is 1.28 bits per heavy atom. The highest BCUT2D eigenvalue weighted by Gasteiger charge is 2.38. The average molecular weight is 387 g/mol. The fourth-order valence-electron chi connectivity index (χ4n) is 2.29. The Morgan fingerprint density at radius 3 is 1.72 bits per heavy atom. The van der Waals surface area contributed by atoms with Crippen LogP contribution in [0.1, 0.15) is 26.7 Å². The average Bonchev–Trinajstić information content (AvgIpc) is 2.60. The molecule has 1 aromatic rings. The van der Waals surface area contributed by atoms with Crippen LogP contribution in [0.15, 0.2) is 0 Å². The number of hydrogen-bond acceptors (Lipinski definition) is 4. The molecule has 0 fully saturated rings. The molecule has 1 N–H and O–H groups in total. The number of halogens is 5. The van der Waals surface area contributed by atoms with Gasteiger partial charge in [0.2, 0.25) is 5.82 Å². The van der Waals surface area contributed by atoms with Crippen molar-refractivity contribution in [2.45, 2.75) is 32.7 Å². The minimum atomic E-state index is -2.79. The highest BCUT2D eigenvalue weighted by Crippen LogP contribution is 2.27. The summed E-state index contributed by atoms with van der Waals surface area (Å²) in [5, 5.41) is 2.25. The van der Waals surface area contributed by atoms with Crippen molar-refractivity contribution < 1.29 is 35.2 Å². The maximum atomic E-state index is 13.5. The predicted octanol–water partition coefficient (Wildman–Crippen LogP) is 4.23. The fourth-order valence-corrected chi connectivity index (χ4v) is 4.66. The van der Waals surface area contributed by atoms with Gasteiger partial charge in [-0.3, -0.25) is 0 Å². The molecule has 10 heteroatoms. The van der Waals surface area contributed by atoms with Crippen molar-refractivity contribution >= 4 is 14.5 Å². The second-order valence-corrected chi connectivity index (χ2v) is 7.93. The van der Waals surface area contributed by atoms with Crippen LogP contribution in [0.2, 0.25) is 6.04 Å². The summed E-state index contributed by atoms with van der Waals surface area (Å²) in [4.78, 5) is 0. The molecule has 0 amide bonds. The van der Waals surface area contributed by atoms with E-state index in [2.05, 4.69) is 5.32 Å². The second-order valence-electron chi connectivity index (χ2n) is 5.08. The van der Waals surface area contributed by atoms with Gasteiger partial charge in [0.05, 0.1) is 0 Å². The van der Waals surface area contributed by atoms with E-state index in [9.17, 15) is 22.0 Å². The molecule has 0 atom stereocenters. The molecule has 0 spiro atoms. The topological polar surface area (TPSA) is 39.7 Å². The van der Waals surface area contributed by atoms with E-state index in [1.165, 1.54) is 7.11 Å². The van der Waals surface area contributed by atoms with E-state index in [-0.39, 0.29) is 6.54 Å². The Labute approximate surface area is 144 Å². The first-order valence-corrected chi connectivity index (χ1v) is 9.85. The van der Waals surface area contributed by atoms with Crippen LogP contribution < -0.4 is 5.32 Å². The van der Waals surface area contributed by atoms with Crippen LogP contribution in [-0.4, -0.2) is 35.7 Å². The first-order chi connectivity index (χ1) is 11.8. The number of benzene rings is 1. The lowest BCUT2D eigenvalue weighted by Gasteiger charge is -2.27. The number of nitrogens with one attached hydrogen (secondary N) is 1. The summed E-state index contributed by atoms with van der Waals surface area (Å²) in [7, 11) is -1.30. The van der Waals surface area contributed by atoms with Crippen molar-refractivity contribution in [3.8, 4) is 0 Å². The lowest BCUT2D eigenvalue weighted by molar-refractivity contribution is 0.0860. The van der Waals surface area contributed by atoms with Crippen molar-refractivity contribution in [2.24, 2.45) is 0 Å². The summed E-state index contributed by atoms with van der Waals surface area (Å²) in [5.74, 6) is -9.87. The zero-order valence-corrected chi connectivity index (χ0v) is 15.4. The number of anilines is 1. The molecule has 4 nitrogen and oxygen atoms in total. The number of rotatable bonds is 11.